The minimum atomic E-state index is 0.522. The van der Waals surface area contributed by atoms with Crippen LogP contribution in [0.3, 0.4) is 0 Å². The highest BCUT2D eigenvalue weighted by molar-refractivity contribution is 5.90. The molecule has 0 aliphatic carbocycles. The fourth-order valence-electron chi connectivity index (χ4n) is 2.27. The molecule has 1 N–H and O–H groups in total. The van der Waals surface area contributed by atoms with E-state index < -0.39 is 0 Å². The minimum absolute atomic E-state index is 0.522. The fourth-order valence-corrected chi connectivity index (χ4v) is 2.27. The molecule has 0 spiro atoms. The molecule has 3 aromatic heterocycles. The van der Waals surface area contributed by atoms with Crippen LogP contribution in [-0.2, 0) is 6.54 Å². The molecule has 3 aromatic rings. The Morgan fingerprint density at radius 3 is 2.89 bits per heavy atom. The van der Waals surface area contributed by atoms with Gasteiger partial charge in [0.15, 0.2) is 17.2 Å². The molecule has 98 valence electrons. The van der Waals surface area contributed by atoms with E-state index in [2.05, 4.69) is 33.5 Å². The van der Waals surface area contributed by atoms with Gasteiger partial charge < -0.3 is 9.84 Å². The highest BCUT2D eigenvalue weighted by Gasteiger charge is 2.14. The predicted molar refractivity (Wildman–Crippen MR) is 72.2 cm³/mol. The molecule has 6 nitrogen and oxygen atoms in total. The maximum atomic E-state index is 5.13. The van der Waals surface area contributed by atoms with Gasteiger partial charge in [-0.25, -0.2) is 9.67 Å². The number of fused-ring (bicyclic) bond motifs is 1. The number of pyridine rings is 1. The molecule has 0 aliphatic rings. The summed E-state index contributed by atoms with van der Waals surface area (Å²) >= 11 is 0. The van der Waals surface area contributed by atoms with Gasteiger partial charge in [-0.15, -0.1) is 0 Å². The van der Waals surface area contributed by atoms with E-state index in [1.807, 2.05) is 24.7 Å². The van der Waals surface area contributed by atoms with E-state index in [1.165, 1.54) is 0 Å². The summed E-state index contributed by atoms with van der Waals surface area (Å²) in [5, 5.41) is 12.4. The Kier molecular flexibility index (Phi) is 2.70. The van der Waals surface area contributed by atoms with Crippen molar-refractivity contribution in [2.75, 3.05) is 12.4 Å². The zero-order chi connectivity index (χ0) is 13.4. The van der Waals surface area contributed by atoms with Gasteiger partial charge in [-0.2, -0.15) is 5.10 Å². The highest BCUT2D eigenvalue weighted by atomic mass is 16.5. The van der Waals surface area contributed by atoms with Gasteiger partial charge in [0.2, 0.25) is 0 Å². The molecule has 0 saturated carbocycles. The third-order valence-corrected chi connectivity index (χ3v) is 3.06. The molecular weight excluding hydrogens is 242 g/mol. The van der Waals surface area contributed by atoms with Crippen LogP contribution in [0.1, 0.15) is 17.0 Å². The molecule has 0 amide bonds. The number of nitrogens with one attached hydrogen (secondary N) is 1. The first kappa shape index (κ1) is 11.7. The van der Waals surface area contributed by atoms with Crippen molar-refractivity contribution in [3.63, 3.8) is 0 Å². The van der Waals surface area contributed by atoms with Gasteiger partial charge in [-0.05, 0) is 25.5 Å². The van der Waals surface area contributed by atoms with Crippen LogP contribution in [0.5, 0.6) is 0 Å². The lowest BCUT2D eigenvalue weighted by Gasteiger charge is -2.02. The highest BCUT2D eigenvalue weighted by Crippen LogP contribution is 2.25. The van der Waals surface area contributed by atoms with Gasteiger partial charge in [-0.1, -0.05) is 5.16 Å². The average Bonchev–Trinajstić information content (AvgIpc) is 2.98. The Balaban J connectivity index is 2.19. The Bertz CT molecular complexity index is 714. The molecule has 0 unspecified atom stereocenters. The molecule has 19 heavy (non-hydrogen) atoms. The van der Waals surface area contributed by atoms with Crippen molar-refractivity contribution in [3.8, 4) is 0 Å². The third-order valence-electron chi connectivity index (χ3n) is 3.06. The Hall–Kier alpha value is -2.37. The van der Waals surface area contributed by atoms with Gasteiger partial charge in [0.1, 0.15) is 6.54 Å². The van der Waals surface area contributed by atoms with E-state index in [-0.39, 0.29) is 0 Å². The second-order valence-corrected chi connectivity index (χ2v) is 4.51. The summed E-state index contributed by atoms with van der Waals surface area (Å²) in [4.78, 5) is 4.58. The quantitative estimate of drug-likeness (QED) is 0.778. The van der Waals surface area contributed by atoms with Crippen LogP contribution >= 0.6 is 0 Å². The predicted octanol–water partition coefficient (Wildman–Crippen LogP) is 2.13. The van der Waals surface area contributed by atoms with E-state index in [4.69, 9.17) is 4.52 Å². The van der Waals surface area contributed by atoms with Crippen molar-refractivity contribution in [2.45, 2.75) is 20.4 Å². The van der Waals surface area contributed by atoms with Crippen LogP contribution in [0.2, 0.25) is 0 Å². The molecule has 3 rings (SSSR count). The number of hydrogen-bond acceptors (Lipinski definition) is 5. The van der Waals surface area contributed by atoms with Crippen LogP contribution in [0.25, 0.3) is 11.0 Å². The van der Waals surface area contributed by atoms with Gasteiger partial charge in [0.05, 0.1) is 11.6 Å². The summed E-state index contributed by atoms with van der Waals surface area (Å²) in [6.45, 7) is 4.57. The van der Waals surface area contributed by atoms with Crippen LogP contribution < -0.4 is 5.32 Å². The lowest BCUT2D eigenvalue weighted by molar-refractivity contribution is 0.373. The number of anilines is 1. The minimum Gasteiger partial charge on any atom is -0.371 e. The van der Waals surface area contributed by atoms with Crippen molar-refractivity contribution in [1.82, 2.24) is 19.9 Å². The summed E-state index contributed by atoms with van der Waals surface area (Å²) in [6.07, 6.45) is 1.63. The first-order valence-corrected chi connectivity index (χ1v) is 6.11. The van der Waals surface area contributed by atoms with Crippen molar-refractivity contribution in [2.24, 2.45) is 0 Å². The van der Waals surface area contributed by atoms with E-state index in [1.54, 1.807) is 6.20 Å². The molecule has 0 atom stereocenters. The number of hydrogen-bond donors (Lipinski definition) is 1. The summed E-state index contributed by atoms with van der Waals surface area (Å²) < 4.78 is 6.97. The summed E-state index contributed by atoms with van der Waals surface area (Å²) in [6, 6.07) is 3.89. The fraction of sp³-hybridized carbons (Fsp3) is 0.308. The number of nitrogens with zero attached hydrogens (tertiary/aromatic N) is 4. The molecule has 6 heteroatoms. The zero-order valence-corrected chi connectivity index (χ0v) is 11.1. The molecule has 0 bridgehead atoms. The van der Waals surface area contributed by atoms with Gasteiger partial charge in [-0.3, -0.25) is 0 Å². The Morgan fingerprint density at radius 1 is 1.37 bits per heavy atom. The summed E-state index contributed by atoms with van der Waals surface area (Å²) in [7, 11) is 1.86. The zero-order valence-electron chi connectivity index (χ0n) is 11.1. The number of rotatable bonds is 3. The Labute approximate surface area is 110 Å². The van der Waals surface area contributed by atoms with Crippen molar-refractivity contribution < 1.29 is 4.52 Å². The van der Waals surface area contributed by atoms with Crippen LogP contribution in [0.4, 0.5) is 5.82 Å². The summed E-state index contributed by atoms with van der Waals surface area (Å²) in [5.41, 5.74) is 3.00. The van der Waals surface area contributed by atoms with Gasteiger partial charge in [0.25, 0.3) is 0 Å². The van der Waals surface area contributed by atoms with Crippen molar-refractivity contribution >= 4 is 16.9 Å². The second-order valence-electron chi connectivity index (χ2n) is 4.51. The normalized spacial score (nSPS) is 11.1. The maximum Gasteiger partial charge on any atom is 0.160 e. The summed E-state index contributed by atoms with van der Waals surface area (Å²) in [5.74, 6) is 1.59. The van der Waals surface area contributed by atoms with Crippen molar-refractivity contribution in [3.05, 3.63) is 35.3 Å². The largest absolute Gasteiger partial charge is 0.371 e. The molecule has 0 aliphatic heterocycles. The smallest absolute Gasteiger partial charge is 0.160 e. The molecule has 0 aromatic carbocycles. The molecule has 3 heterocycles. The van der Waals surface area contributed by atoms with Gasteiger partial charge in [0, 0.05) is 18.8 Å². The lowest BCUT2D eigenvalue weighted by atomic mass is 10.2. The molecule has 0 radical (unpaired) electrons. The monoisotopic (exact) mass is 257 g/mol. The van der Waals surface area contributed by atoms with E-state index in [0.29, 0.717) is 6.54 Å². The third kappa shape index (κ3) is 1.95. The van der Waals surface area contributed by atoms with Crippen molar-refractivity contribution in [1.29, 1.82) is 0 Å². The number of aromatic nitrogens is 4. The van der Waals surface area contributed by atoms with E-state index in [9.17, 15) is 0 Å². The SMILES string of the molecule is CNc1nn(Cc2ccno2)c2nc(C)cc(C)c12. The van der Waals surface area contributed by atoms with Gasteiger partial charge >= 0.3 is 0 Å². The first-order valence-electron chi connectivity index (χ1n) is 6.11. The standard InChI is InChI=1S/C13H15N5O/c1-8-6-9(2)16-13-11(8)12(14-3)17-18(13)7-10-4-5-15-19-10/h4-6H,7H2,1-3H3,(H,14,17). The molecule has 0 saturated heterocycles. The molecular formula is C13H15N5O. The average molecular weight is 257 g/mol. The number of aryl methyl sites for hydroxylation is 2. The van der Waals surface area contributed by atoms with Crippen LogP contribution in [0, 0.1) is 13.8 Å². The lowest BCUT2D eigenvalue weighted by Crippen LogP contribution is -2.03. The topological polar surface area (TPSA) is 68.8 Å². The first-order chi connectivity index (χ1) is 9.19. The Morgan fingerprint density at radius 2 is 2.21 bits per heavy atom. The van der Waals surface area contributed by atoms with Crippen LogP contribution in [0.15, 0.2) is 22.9 Å². The maximum absolute atomic E-state index is 5.13. The second kappa shape index (κ2) is 4.38. The van der Waals surface area contributed by atoms with E-state index in [0.717, 1.165) is 33.9 Å². The van der Waals surface area contributed by atoms with E-state index >= 15 is 0 Å². The van der Waals surface area contributed by atoms with Crippen LogP contribution in [-0.4, -0.2) is 27.0 Å². The molecule has 0 fully saturated rings.